The molecule has 0 heterocycles. The second-order valence-electron chi connectivity index (χ2n) is 20.1. The number of aryl methyl sites for hydroxylation is 1. The summed E-state index contributed by atoms with van der Waals surface area (Å²) in [7, 11) is -7.14. The molecule has 0 aliphatic heterocycles. The maximum absolute atomic E-state index is 16.9. The van der Waals surface area contributed by atoms with E-state index in [0.717, 1.165) is 43.5 Å². The number of rotatable bonds is 6. The zero-order chi connectivity index (χ0) is 48.7. The Hall–Kier alpha value is -8.12. The van der Waals surface area contributed by atoms with Gasteiger partial charge >= 0.3 is 0 Å². The Morgan fingerprint density at radius 2 is 0.479 bits per heavy atom. The molecule has 15 rings (SSSR count). The largest absolute Gasteiger partial charge is 0.309 e. The van der Waals surface area contributed by atoms with Crippen molar-refractivity contribution in [2.45, 2.75) is 17.8 Å². The Bertz CT molecular complexity index is 4120. The van der Waals surface area contributed by atoms with Crippen LogP contribution in [0, 0.1) is 6.92 Å². The summed E-state index contributed by atoms with van der Waals surface area (Å²) in [6.45, 7) is 2.17. The van der Waals surface area contributed by atoms with E-state index < -0.39 is 25.1 Å². The third-order valence-electron chi connectivity index (χ3n) is 16.8. The Balaban J connectivity index is 0.920. The van der Waals surface area contributed by atoms with Gasteiger partial charge in [-0.3, -0.25) is 0 Å². The quantitative estimate of drug-likeness (QED) is 0.156. The topological polar surface area (TPSA) is 34.1 Å². The highest BCUT2D eigenvalue weighted by molar-refractivity contribution is 7.86. The number of benzene rings is 11. The molecule has 0 bridgehead atoms. The van der Waals surface area contributed by atoms with Crippen LogP contribution < -0.4 is 31.8 Å². The molecule has 11 aromatic rings. The van der Waals surface area contributed by atoms with Crippen LogP contribution in [0.4, 0.5) is 0 Å². The first-order chi connectivity index (χ1) is 35.9. The third kappa shape index (κ3) is 5.45. The molecule has 2 spiro atoms. The first kappa shape index (κ1) is 42.6. The van der Waals surface area contributed by atoms with E-state index in [0.29, 0.717) is 10.6 Å². The lowest BCUT2D eigenvalue weighted by Crippen LogP contribution is -2.31. The molecule has 11 aromatic carbocycles. The Morgan fingerprint density at radius 1 is 0.233 bits per heavy atom. The van der Waals surface area contributed by atoms with Crippen LogP contribution in [0.25, 0.3) is 44.5 Å². The highest BCUT2D eigenvalue weighted by Crippen LogP contribution is 2.65. The molecule has 2 unspecified atom stereocenters. The zero-order valence-electron chi connectivity index (χ0n) is 40.0. The summed E-state index contributed by atoms with van der Waals surface area (Å²) in [5.41, 5.74) is 19.4. The van der Waals surface area contributed by atoms with E-state index in [-0.39, 0.29) is 0 Å². The molecule has 73 heavy (non-hydrogen) atoms. The fourth-order valence-corrected chi connectivity index (χ4v) is 19.1. The summed E-state index contributed by atoms with van der Waals surface area (Å²) in [4.78, 5) is 0. The summed E-state index contributed by atoms with van der Waals surface area (Å²) in [6, 6.07) is 91.9. The molecular formula is C69H46O2P2. The van der Waals surface area contributed by atoms with Crippen molar-refractivity contribution in [1.29, 1.82) is 0 Å². The molecule has 4 aliphatic carbocycles. The first-order valence-corrected chi connectivity index (χ1v) is 28.6. The van der Waals surface area contributed by atoms with Crippen LogP contribution in [-0.2, 0) is 20.0 Å². The maximum atomic E-state index is 16.9. The minimum absolute atomic E-state index is 0.583. The highest BCUT2D eigenvalue weighted by Gasteiger charge is 2.54. The molecule has 0 N–H and O–H groups in total. The smallest absolute Gasteiger partial charge is 0.171 e. The minimum atomic E-state index is -3.57. The molecule has 0 aromatic heterocycles. The van der Waals surface area contributed by atoms with Crippen molar-refractivity contribution in [3.8, 4) is 44.5 Å². The Morgan fingerprint density at radius 3 is 0.836 bits per heavy atom. The summed E-state index contributed by atoms with van der Waals surface area (Å²) in [6.07, 6.45) is 0. The standard InChI is InChI=1S/C69H46O2P2/c1-45-32-39-57-59-41-38-51(44-67(59)69(65(57)42-45)63-30-16-10-24-54(63)55-25-11-17-31-64(55)69)73(71,47-20-6-3-7-21-47)49-35-33-48(34-36-49)72(70,46-18-4-2-5-19-46)50-37-40-58-56-26-12-15-29-62(56)68(66(58)43-50)60-27-13-8-22-52(60)53-23-9-14-28-61(53)68/h2-44H,1H3. The normalized spacial score (nSPS) is 15.7. The second kappa shape index (κ2) is 15.4. The molecular weight excluding hydrogens is 923 g/mol. The van der Waals surface area contributed by atoms with Gasteiger partial charge in [-0.15, -0.1) is 0 Å². The van der Waals surface area contributed by atoms with Crippen molar-refractivity contribution in [2.75, 3.05) is 0 Å². The van der Waals surface area contributed by atoms with Crippen LogP contribution in [0.2, 0.25) is 0 Å². The van der Waals surface area contributed by atoms with Crippen molar-refractivity contribution in [3.63, 3.8) is 0 Å². The third-order valence-corrected chi connectivity index (χ3v) is 22.9. The van der Waals surface area contributed by atoms with E-state index in [1.54, 1.807) is 0 Å². The van der Waals surface area contributed by atoms with E-state index in [4.69, 9.17) is 0 Å². The average Bonchev–Trinajstić information content (AvgIpc) is 4.26. The van der Waals surface area contributed by atoms with Crippen LogP contribution >= 0.6 is 14.3 Å². The van der Waals surface area contributed by atoms with Crippen LogP contribution in [0.3, 0.4) is 0 Å². The predicted molar refractivity (Wildman–Crippen MR) is 303 cm³/mol. The molecule has 0 radical (unpaired) electrons. The molecule has 0 saturated carbocycles. The number of hydrogen-bond acceptors (Lipinski definition) is 2. The minimum Gasteiger partial charge on any atom is -0.309 e. The molecule has 0 saturated heterocycles. The Kier molecular flexibility index (Phi) is 9.00. The molecule has 0 fully saturated rings. The van der Waals surface area contributed by atoms with Crippen LogP contribution in [0.5, 0.6) is 0 Å². The fourth-order valence-electron chi connectivity index (χ4n) is 13.8. The lowest BCUT2D eigenvalue weighted by Gasteiger charge is -2.31. The van der Waals surface area contributed by atoms with Gasteiger partial charge in [0.25, 0.3) is 0 Å². The zero-order valence-corrected chi connectivity index (χ0v) is 41.8. The summed E-state index contributed by atoms with van der Waals surface area (Å²) in [5, 5.41) is 4.42. The summed E-state index contributed by atoms with van der Waals surface area (Å²) < 4.78 is 33.7. The van der Waals surface area contributed by atoms with Gasteiger partial charge in [0, 0.05) is 31.8 Å². The van der Waals surface area contributed by atoms with Crippen molar-refractivity contribution in [2.24, 2.45) is 0 Å². The van der Waals surface area contributed by atoms with Crippen LogP contribution in [0.15, 0.2) is 261 Å². The molecule has 4 aliphatic rings. The molecule has 344 valence electrons. The average molecular weight is 969 g/mol. The van der Waals surface area contributed by atoms with E-state index in [1.807, 2.05) is 84.9 Å². The number of fused-ring (bicyclic) bond motifs is 20. The molecule has 4 heteroatoms. The van der Waals surface area contributed by atoms with Crippen molar-refractivity contribution in [1.82, 2.24) is 0 Å². The maximum Gasteiger partial charge on any atom is 0.171 e. The van der Waals surface area contributed by atoms with E-state index in [2.05, 4.69) is 183 Å². The molecule has 0 amide bonds. The van der Waals surface area contributed by atoms with Gasteiger partial charge in [-0.1, -0.05) is 254 Å². The Labute approximate surface area is 426 Å². The van der Waals surface area contributed by atoms with Gasteiger partial charge in [0.15, 0.2) is 14.3 Å². The van der Waals surface area contributed by atoms with E-state index >= 15 is 9.13 Å². The van der Waals surface area contributed by atoms with Crippen molar-refractivity contribution >= 4 is 46.1 Å². The second-order valence-corrected chi connectivity index (χ2v) is 25.7. The number of hydrogen-bond donors (Lipinski definition) is 0. The van der Waals surface area contributed by atoms with E-state index in [9.17, 15) is 0 Å². The molecule has 2 atom stereocenters. The van der Waals surface area contributed by atoms with Gasteiger partial charge in [-0.05, 0) is 108 Å². The van der Waals surface area contributed by atoms with Crippen LogP contribution in [0.1, 0.15) is 50.1 Å². The SMILES string of the molecule is Cc1ccc2c(c1)C1(c3ccccc3-c3ccccc31)c1cc(P(=O)(c3ccccc3)c3ccc(P(=O)(c4ccccc4)c4ccc5c(c4)C4(c6ccccc6-c6ccccc64)c4ccccc4-5)cc3)ccc1-2. The summed E-state index contributed by atoms with van der Waals surface area (Å²) >= 11 is 0. The van der Waals surface area contributed by atoms with E-state index in [1.165, 1.54) is 72.3 Å². The molecule has 2 nitrogen and oxygen atoms in total. The predicted octanol–water partition coefficient (Wildman–Crippen LogP) is 14.0. The summed E-state index contributed by atoms with van der Waals surface area (Å²) in [5.74, 6) is 0. The van der Waals surface area contributed by atoms with Gasteiger partial charge in [0.2, 0.25) is 0 Å². The van der Waals surface area contributed by atoms with Gasteiger partial charge < -0.3 is 9.13 Å². The monoisotopic (exact) mass is 968 g/mol. The van der Waals surface area contributed by atoms with Crippen molar-refractivity contribution < 1.29 is 9.13 Å². The lowest BCUT2D eigenvalue weighted by molar-refractivity contribution is 0.591. The van der Waals surface area contributed by atoms with Crippen molar-refractivity contribution in [3.05, 3.63) is 311 Å². The van der Waals surface area contributed by atoms with Crippen LogP contribution in [-0.4, -0.2) is 0 Å². The lowest BCUT2D eigenvalue weighted by atomic mass is 9.70. The van der Waals surface area contributed by atoms with Gasteiger partial charge in [-0.25, -0.2) is 0 Å². The van der Waals surface area contributed by atoms with Gasteiger partial charge in [0.05, 0.1) is 10.8 Å². The van der Waals surface area contributed by atoms with Gasteiger partial charge in [-0.2, -0.15) is 0 Å². The fraction of sp³-hybridized carbons (Fsp3) is 0.0435. The first-order valence-electron chi connectivity index (χ1n) is 25.2. The van der Waals surface area contributed by atoms with Gasteiger partial charge in [0.1, 0.15) is 0 Å². The highest BCUT2D eigenvalue weighted by atomic mass is 31.2.